The van der Waals surface area contributed by atoms with E-state index in [4.69, 9.17) is 5.73 Å². The highest BCUT2D eigenvalue weighted by Crippen LogP contribution is 2.33. The molecule has 0 radical (unpaired) electrons. The lowest BCUT2D eigenvalue weighted by molar-refractivity contribution is 0.277. The summed E-state index contributed by atoms with van der Waals surface area (Å²) < 4.78 is 0. The first-order valence-electron chi connectivity index (χ1n) is 6.99. The molecule has 2 N–H and O–H groups in total. The van der Waals surface area contributed by atoms with Gasteiger partial charge in [0.25, 0.3) is 0 Å². The molecular weight excluding hydrogens is 206 g/mol. The summed E-state index contributed by atoms with van der Waals surface area (Å²) in [6.45, 7) is 4.53. The topological polar surface area (TPSA) is 26.0 Å². The Morgan fingerprint density at radius 2 is 2.06 bits per heavy atom. The third-order valence-corrected chi connectivity index (χ3v) is 3.84. The number of hydrogen-bond donors (Lipinski definition) is 1. The molecule has 1 heteroatoms. The molecular formula is C16H25N. The van der Waals surface area contributed by atoms with Crippen LogP contribution in [0.3, 0.4) is 0 Å². The minimum absolute atomic E-state index is 0.243. The minimum atomic E-state index is 0.243. The quantitative estimate of drug-likeness (QED) is 0.812. The smallest absolute Gasteiger partial charge is 0.0297 e. The summed E-state index contributed by atoms with van der Waals surface area (Å²) >= 11 is 0. The highest BCUT2D eigenvalue weighted by atomic mass is 14.6. The van der Waals surface area contributed by atoms with E-state index in [-0.39, 0.29) is 6.04 Å². The zero-order valence-corrected chi connectivity index (χ0v) is 11.2. The van der Waals surface area contributed by atoms with Gasteiger partial charge in [-0.3, -0.25) is 0 Å². The molecule has 1 aliphatic carbocycles. The summed E-state index contributed by atoms with van der Waals surface area (Å²) in [7, 11) is 0. The van der Waals surface area contributed by atoms with Crippen molar-refractivity contribution < 1.29 is 0 Å². The highest BCUT2D eigenvalue weighted by Gasteiger charge is 2.20. The molecule has 1 fully saturated rings. The molecule has 0 aromatic heterocycles. The Morgan fingerprint density at radius 3 is 2.65 bits per heavy atom. The molecule has 0 spiro atoms. The average Bonchev–Trinajstić information content (AvgIpc) is 2.22. The van der Waals surface area contributed by atoms with Gasteiger partial charge in [-0.05, 0) is 35.8 Å². The lowest BCUT2D eigenvalue weighted by Gasteiger charge is -2.28. The second kappa shape index (κ2) is 5.68. The van der Waals surface area contributed by atoms with Crippen molar-refractivity contribution in [2.24, 2.45) is 17.6 Å². The molecule has 1 aliphatic rings. The molecule has 1 aromatic carbocycles. The van der Waals surface area contributed by atoms with Crippen LogP contribution < -0.4 is 5.73 Å². The largest absolute Gasteiger partial charge is 0.324 e. The number of rotatable bonds is 5. The highest BCUT2D eigenvalue weighted by molar-refractivity contribution is 5.26. The van der Waals surface area contributed by atoms with Crippen molar-refractivity contribution in [3.8, 4) is 0 Å². The van der Waals surface area contributed by atoms with Crippen LogP contribution in [0.2, 0.25) is 0 Å². The van der Waals surface area contributed by atoms with E-state index in [1.54, 1.807) is 0 Å². The average molecular weight is 231 g/mol. The van der Waals surface area contributed by atoms with E-state index < -0.39 is 0 Å². The maximum Gasteiger partial charge on any atom is 0.0297 e. The lowest BCUT2D eigenvalue weighted by atomic mass is 9.79. The molecule has 2 rings (SSSR count). The zero-order valence-electron chi connectivity index (χ0n) is 11.2. The van der Waals surface area contributed by atoms with Crippen molar-refractivity contribution in [1.29, 1.82) is 0 Å². The molecule has 0 aliphatic heterocycles. The first kappa shape index (κ1) is 12.6. The maximum atomic E-state index is 6.31. The molecule has 1 aromatic rings. The second-order valence-corrected chi connectivity index (χ2v) is 5.98. The Kier molecular flexibility index (Phi) is 4.22. The third-order valence-electron chi connectivity index (χ3n) is 3.84. The second-order valence-electron chi connectivity index (χ2n) is 5.98. The molecule has 1 nitrogen and oxygen atoms in total. The molecule has 1 saturated carbocycles. The minimum Gasteiger partial charge on any atom is -0.324 e. The van der Waals surface area contributed by atoms with Crippen molar-refractivity contribution in [3.63, 3.8) is 0 Å². The van der Waals surface area contributed by atoms with E-state index in [0.29, 0.717) is 5.92 Å². The van der Waals surface area contributed by atoms with Crippen LogP contribution in [0.1, 0.15) is 56.7 Å². The number of nitrogens with two attached hydrogens (primary N) is 1. The fourth-order valence-electron chi connectivity index (χ4n) is 2.65. The van der Waals surface area contributed by atoms with Gasteiger partial charge in [0.05, 0.1) is 0 Å². The van der Waals surface area contributed by atoms with Gasteiger partial charge in [-0.1, -0.05) is 57.4 Å². The Bertz CT molecular complexity index is 352. The van der Waals surface area contributed by atoms with Crippen LogP contribution >= 0.6 is 0 Å². The Labute approximate surface area is 105 Å². The predicted octanol–water partition coefficient (Wildman–Crippen LogP) is 4.08. The van der Waals surface area contributed by atoms with Crippen LogP contribution in [-0.2, 0) is 6.42 Å². The van der Waals surface area contributed by atoms with Gasteiger partial charge in [-0.15, -0.1) is 0 Å². The summed E-state index contributed by atoms with van der Waals surface area (Å²) in [4.78, 5) is 0. The van der Waals surface area contributed by atoms with Gasteiger partial charge in [0.15, 0.2) is 0 Å². The SMILES string of the molecule is CC(C)Cc1cccc(C(N)CC2CCC2)c1. The Balaban J connectivity index is 1.98. The van der Waals surface area contributed by atoms with Crippen LogP contribution in [0.25, 0.3) is 0 Å². The van der Waals surface area contributed by atoms with Crippen molar-refractivity contribution >= 4 is 0 Å². The summed E-state index contributed by atoms with van der Waals surface area (Å²) in [5, 5.41) is 0. The van der Waals surface area contributed by atoms with Crippen molar-refractivity contribution in [2.45, 2.75) is 52.0 Å². The van der Waals surface area contributed by atoms with Gasteiger partial charge < -0.3 is 5.73 Å². The van der Waals surface area contributed by atoms with Crippen molar-refractivity contribution in [3.05, 3.63) is 35.4 Å². The molecule has 17 heavy (non-hydrogen) atoms. The predicted molar refractivity (Wildman–Crippen MR) is 73.9 cm³/mol. The normalized spacial score (nSPS) is 18.1. The van der Waals surface area contributed by atoms with Crippen LogP contribution in [-0.4, -0.2) is 0 Å². The van der Waals surface area contributed by atoms with E-state index in [9.17, 15) is 0 Å². The standard InChI is InChI=1S/C16H25N/c1-12(2)9-14-7-4-8-15(10-14)16(17)11-13-5-3-6-13/h4,7-8,10,12-13,16H,3,5-6,9,11,17H2,1-2H3. The monoisotopic (exact) mass is 231 g/mol. The first-order valence-corrected chi connectivity index (χ1v) is 6.99. The van der Waals surface area contributed by atoms with Gasteiger partial charge in [0.2, 0.25) is 0 Å². The molecule has 1 unspecified atom stereocenters. The fraction of sp³-hybridized carbons (Fsp3) is 0.625. The molecule has 0 heterocycles. The Hall–Kier alpha value is -0.820. The lowest BCUT2D eigenvalue weighted by Crippen LogP contribution is -2.20. The molecule has 0 amide bonds. The first-order chi connectivity index (χ1) is 8.15. The summed E-state index contributed by atoms with van der Waals surface area (Å²) in [6, 6.07) is 9.12. The van der Waals surface area contributed by atoms with E-state index in [0.717, 1.165) is 12.3 Å². The van der Waals surface area contributed by atoms with E-state index in [2.05, 4.69) is 38.1 Å². The van der Waals surface area contributed by atoms with Crippen molar-refractivity contribution in [2.75, 3.05) is 0 Å². The van der Waals surface area contributed by atoms with E-state index in [1.807, 2.05) is 0 Å². The fourth-order valence-corrected chi connectivity index (χ4v) is 2.65. The molecule has 1 atom stereocenters. The molecule has 0 saturated heterocycles. The maximum absolute atomic E-state index is 6.31. The third kappa shape index (κ3) is 3.57. The van der Waals surface area contributed by atoms with Crippen LogP contribution in [0.5, 0.6) is 0 Å². The summed E-state index contributed by atoms with van der Waals surface area (Å²) in [5.41, 5.74) is 9.07. The van der Waals surface area contributed by atoms with Crippen LogP contribution in [0.4, 0.5) is 0 Å². The zero-order chi connectivity index (χ0) is 12.3. The van der Waals surface area contributed by atoms with Gasteiger partial charge >= 0.3 is 0 Å². The van der Waals surface area contributed by atoms with Crippen molar-refractivity contribution in [1.82, 2.24) is 0 Å². The Morgan fingerprint density at radius 1 is 1.29 bits per heavy atom. The summed E-state index contributed by atoms with van der Waals surface area (Å²) in [5.74, 6) is 1.60. The van der Waals surface area contributed by atoms with Crippen LogP contribution in [0, 0.1) is 11.8 Å². The van der Waals surface area contributed by atoms with E-state index >= 15 is 0 Å². The summed E-state index contributed by atoms with van der Waals surface area (Å²) in [6.07, 6.45) is 6.51. The van der Waals surface area contributed by atoms with Gasteiger partial charge in [-0.2, -0.15) is 0 Å². The van der Waals surface area contributed by atoms with Gasteiger partial charge in [-0.25, -0.2) is 0 Å². The van der Waals surface area contributed by atoms with E-state index in [1.165, 1.54) is 36.8 Å². The van der Waals surface area contributed by atoms with Gasteiger partial charge in [0.1, 0.15) is 0 Å². The number of benzene rings is 1. The van der Waals surface area contributed by atoms with Gasteiger partial charge in [0, 0.05) is 6.04 Å². The number of hydrogen-bond acceptors (Lipinski definition) is 1. The van der Waals surface area contributed by atoms with Crippen LogP contribution in [0.15, 0.2) is 24.3 Å². The molecule has 94 valence electrons. The molecule has 0 bridgehead atoms.